The molecule has 3 rings (SSSR count). The van der Waals surface area contributed by atoms with Gasteiger partial charge in [0.05, 0.1) is 18.8 Å². The molecule has 134 valence electrons. The lowest BCUT2D eigenvalue weighted by Crippen LogP contribution is -2.24. The number of phenols is 4. The molecule has 1 fully saturated rings. The van der Waals surface area contributed by atoms with Gasteiger partial charge in [-0.15, -0.1) is 0 Å². The molecule has 1 aliphatic rings. The molecule has 0 aliphatic carbocycles. The minimum atomic E-state index is -1.01. The number of benzene rings is 2. The lowest BCUT2D eigenvalue weighted by molar-refractivity contribution is 0.0632. The van der Waals surface area contributed by atoms with Crippen molar-refractivity contribution in [3.8, 4) is 23.0 Å². The fraction of sp³-hybridized carbons (Fsp3) is 0.333. The van der Waals surface area contributed by atoms with E-state index in [9.17, 15) is 30.6 Å². The molecule has 0 spiro atoms. The first kappa shape index (κ1) is 17.3. The van der Waals surface area contributed by atoms with Gasteiger partial charge in [0.2, 0.25) is 0 Å². The van der Waals surface area contributed by atoms with E-state index in [-0.39, 0.29) is 36.2 Å². The van der Waals surface area contributed by atoms with Crippen LogP contribution in [-0.4, -0.2) is 43.9 Å². The summed E-state index contributed by atoms with van der Waals surface area (Å²) in [7, 11) is 0. The average Bonchev–Trinajstić information content (AvgIpc) is 3.03. The van der Waals surface area contributed by atoms with Gasteiger partial charge in [0.15, 0.2) is 23.0 Å². The monoisotopic (exact) mass is 348 g/mol. The third-order valence-electron chi connectivity index (χ3n) is 4.69. The highest BCUT2D eigenvalue weighted by molar-refractivity contribution is 5.43. The van der Waals surface area contributed by atoms with Crippen LogP contribution < -0.4 is 0 Å². The van der Waals surface area contributed by atoms with Crippen molar-refractivity contribution in [2.45, 2.75) is 12.2 Å². The molecule has 0 amide bonds. The Morgan fingerprint density at radius 1 is 0.920 bits per heavy atom. The SMILES string of the molecule is OC[C@H]1[C@@H]([C@H](O)c2ccc(O)c(O)c2)CO[C@@H]1c1ccc(O)c(O)c1. The molecule has 0 bridgehead atoms. The maximum Gasteiger partial charge on any atom is 0.157 e. The fourth-order valence-electron chi connectivity index (χ4n) is 3.28. The molecule has 25 heavy (non-hydrogen) atoms. The van der Waals surface area contributed by atoms with Crippen LogP contribution in [0.4, 0.5) is 0 Å². The van der Waals surface area contributed by atoms with Crippen molar-refractivity contribution in [3.05, 3.63) is 47.5 Å². The van der Waals surface area contributed by atoms with Crippen molar-refractivity contribution in [3.63, 3.8) is 0 Å². The maximum absolute atomic E-state index is 10.6. The first-order valence-electron chi connectivity index (χ1n) is 7.86. The van der Waals surface area contributed by atoms with Crippen LogP contribution in [0.2, 0.25) is 0 Å². The molecule has 1 saturated heterocycles. The second-order valence-electron chi connectivity index (χ2n) is 6.21. The van der Waals surface area contributed by atoms with E-state index in [1.54, 1.807) is 6.07 Å². The highest BCUT2D eigenvalue weighted by Gasteiger charge is 2.42. The van der Waals surface area contributed by atoms with E-state index < -0.39 is 24.0 Å². The first-order chi connectivity index (χ1) is 11.9. The second kappa shape index (κ2) is 6.79. The Balaban J connectivity index is 1.85. The van der Waals surface area contributed by atoms with E-state index in [0.717, 1.165) is 0 Å². The summed E-state index contributed by atoms with van der Waals surface area (Å²) in [4.78, 5) is 0. The summed E-state index contributed by atoms with van der Waals surface area (Å²) in [5.74, 6) is -2.06. The molecule has 7 nitrogen and oxygen atoms in total. The minimum Gasteiger partial charge on any atom is -0.504 e. The van der Waals surface area contributed by atoms with Crippen LogP contribution in [0.1, 0.15) is 23.3 Å². The molecule has 0 saturated carbocycles. The zero-order chi connectivity index (χ0) is 18.1. The largest absolute Gasteiger partial charge is 0.504 e. The Kier molecular flexibility index (Phi) is 4.71. The van der Waals surface area contributed by atoms with Crippen molar-refractivity contribution in [1.82, 2.24) is 0 Å². The van der Waals surface area contributed by atoms with Crippen molar-refractivity contribution in [1.29, 1.82) is 0 Å². The second-order valence-corrected chi connectivity index (χ2v) is 6.21. The molecule has 4 atom stereocenters. The number of aliphatic hydroxyl groups is 2. The lowest BCUT2D eigenvalue weighted by Gasteiger charge is -2.25. The zero-order valence-electron chi connectivity index (χ0n) is 13.3. The van der Waals surface area contributed by atoms with Gasteiger partial charge in [-0.25, -0.2) is 0 Å². The number of phenolic OH excluding ortho intramolecular Hbond substituents is 4. The number of hydrogen-bond acceptors (Lipinski definition) is 7. The van der Waals surface area contributed by atoms with Crippen LogP contribution in [-0.2, 0) is 4.74 Å². The summed E-state index contributed by atoms with van der Waals surface area (Å²) in [6.07, 6.45) is -1.57. The third-order valence-corrected chi connectivity index (χ3v) is 4.69. The van der Waals surface area contributed by atoms with Crippen LogP contribution in [0.5, 0.6) is 23.0 Å². The van der Waals surface area contributed by atoms with E-state index in [1.165, 1.54) is 30.3 Å². The van der Waals surface area contributed by atoms with Crippen LogP contribution in [0.3, 0.4) is 0 Å². The van der Waals surface area contributed by atoms with Crippen LogP contribution in [0, 0.1) is 11.8 Å². The number of hydrogen-bond donors (Lipinski definition) is 6. The predicted molar refractivity (Wildman–Crippen MR) is 87.3 cm³/mol. The summed E-state index contributed by atoms with van der Waals surface area (Å²) in [5, 5.41) is 58.5. The number of aliphatic hydroxyl groups excluding tert-OH is 2. The molecule has 2 aromatic rings. The van der Waals surface area contributed by atoms with Gasteiger partial charge in [0, 0.05) is 18.4 Å². The molecule has 1 heterocycles. The normalized spacial score (nSPS) is 24.3. The summed E-state index contributed by atoms with van der Waals surface area (Å²) in [5.41, 5.74) is 0.981. The molecule has 1 aliphatic heterocycles. The zero-order valence-corrected chi connectivity index (χ0v) is 13.3. The Labute approximate surface area is 144 Å². The number of aromatic hydroxyl groups is 4. The summed E-state index contributed by atoms with van der Waals surface area (Å²) in [6.45, 7) is -0.0849. The molecule has 0 aromatic heterocycles. The smallest absolute Gasteiger partial charge is 0.157 e. The molecule has 2 aromatic carbocycles. The van der Waals surface area contributed by atoms with Gasteiger partial charge < -0.3 is 35.4 Å². The standard InChI is InChI=1S/C18H20O7/c19-7-11-12(17(24)9-1-3-13(20)15(22)5-9)8-25-18(11)10-2-4-14(21)16(23)6-10/h1-6,11-12,17-24H,7-8H2/t11-,12-,17+,18+/m0/s1. The van der Waals surface area contributed by atoms with Crippen LogP contribution in [0.15, 0.2) is 36.4 Å². The highest BCUT2D eigenvalue weighted by Crippen LogP contribution is 2.45. The van der Waals surface area contributed by atoms with E-state index in [2.05, 4.69) is 0 Å². The van der Waals surface area contributed by atoms with Gasteiger partial charge in [0.1, 0.15) is 0 Å². The van der Waals surface area contributed by atoms with Gasteiger partial charge in [-0.3, -0.25) is 0 Å². The topological polar surface area (TPSA) is 131 Å². The quantitative estimate of drug-likeness (QED) is 0.462. The third kappa shape index (κ3) is 3.21. The average molecular weight is 348 g/mol. The van der Waals surface area contributed by atoms with Gasteiger partial charge in [-0.1, -0.05) is 12.1 Å². The van der Waals surface area contributed by atoms with Gasteiger partial charge >= 0.3 is 0 Å². The molecule has 0 unspecified atom stereocenters. The van der Waals surface area contributed by atoms with E-state index in [0.29, 0.717) is 11.1 Å². The molecule has 7 heteroatoms. The molecular weight excluding hydrogens is 328 g/mol. The number of rotatable bonds is 4. The van der Waals surface area contributed by atoms with E-state index in [1.807, 2.05) is 0 Å². The van der Waals surface area contributed by atoms with Crippen molar-refractivity contribution < 1.29 is 35.4 Å². The Bertz CT molecular complexity index is 761. The Morgan fingerprint density at radius 2 is 1.56 bits per heavy atom. The van der Waals surface area contributed by atoms with Crippen LogP contribution in [0.25, 0.3) is 0 Å². The summed E-state index contributed by atoms with van der Waals surface area (Å²) < 4.78 is 5.72. The molecular formula is C18H20O7. The number of ether oxygens (including phenoxy) is 1. The van der Waals surface area contributed by atoms with E-state index in [4.69, 9.17) is 4.74 Å². The van der Waals surface area contributed by atoms with Crippen molar-refractivity contribution >= 4 is 0 Å². The van der Waals surface area contributed by atoms with Crippen molar-refractivity contribution in [2.24, 2.45) is 11.8 Å². The van der Waals surface area contributed by atoms with Gasteiger partial charge in [-0.05, 0) is 35.4 Å². The van der Waals surface area contributed by atoms with E-state index >= 15 is 0 Å². The molecule has 6 N–H and O–H groups in total. The van der Waals surface area contributed by atoms with Crippen LogP contribution >= 0.6 is 0 Å². The van der Waals surface area contributed by atoms with Gasteiger partial charge in [-0.2, -0.15) is 0 Å². The summed E-state index contributed by atoms with van der Waals surface area (Å²) >= 11 is 0. The fourth-order valence-corrected chi connectivity index (χ4v) is 3.28. The summed E-state index contributed by atoms with van der Waals surface area (Å²) in [6, 6.07) is 8.34. The Morgan fingerprint density at radius 3 is 2.16 bits per heavy atom. The lowest BCUT2D eigenvalue weighted by atomic mass is 9.82. The maximum atomic E-state index is 10.6. The highest BCUT2D eigenvalue weighted by atomic mass is 16.5. The van der Waals surface area contributed by atoms with Gasteiger partial charge in [0.25, 0.3) is 0 Å². The first-order valence-corrected chi connectivity index (χ1v) is 7.86. The van der Waals surface area contributed by atoms with Crippen molar-refractivity contribution in [2.75, 3.05) is 13.2 Å². The minimum absolute atomic E-state index is 0.167. The predicted octanol–water partition coefficient (Wildman–Crippen LogP) is 1.54. The Hall–Kier alpha value is -2.48. The molecule has 0 radical (unpaired) electrons.